The first-order chi connectivity index (χ1) is 15.2. The van der Waals surface area contributed by atoms with Crippen LogP contribution in [0.2, 0.25) is 0 Å². The van der Waals surface area contributed by atoms with Crippen molar-refractivity contribution in [3.63, 3.8) is 0 Å². The second-order valence-electron chi connectivity index (χ2n) is 8.81. The molecule has 1 N–H and O–H groups in total. The zero-order valence-corrected chi connectivity index (χ0v) is 18.6. The van der Waals surface area contributed by atoms with Crippen molar-refractivity contribution < 1.29 is 4.79 Å². The Kier molecular flexibility index (Phi) is 5.81. The molecule has 1 heterocycles. The summed E-state index contributed by atoms with van der Waals surface area (Å²) in [5.74, 6) is 3.16. The van der Waals surface area contributed by atoms with Crippen LogP contribution in [-0.4, -0.2) is 26.4 Å². The third-order valence-electron chi connectivity index (χ3n) is 6.28. The number of hydrogen-bond acceptors (Lipinski definition) is 4. The fraction of sp³-hybridized carbons (Fsp3) is 0.400. The number of carbonyl (C=O) groups excluding carboxylic acids is 1. The number of aromatic nitrogens is 3. The Labute approximate surface area is 187 Å². The molecule has 2 aromatic carbocycles. The van der Waals surface area contributed by atoms with Gasteiger partial charge in [0.25, 0.3) is 0 Å². The van der Waals surface area contributed by atoms with E-state index in [-0.39, 0.29) is 11.9 Å². The highest BCUT2D eigenvalue weighted by Crippen LogP contribution is 2.47. The molecule has 0 spiro atoms. The predicted molar refractivity (Wildman–Crippen MR) is 123 cm³/mol. The van der Waals surface area contributed by atoms with Gasteiger partial charge in [0.1, 0.15) is 5.82 Å². The molecule has 0 radical (unpaired) electrons. The first kappa shape index (κ1) is 20.3. The lowest BCUT2D eigenvalue weighted by atomic mass is 10.0. The van der Waals surface area contributed by atoms with Gasteiger partial charge in [-0.1, -0.05) is 79.3 Å². The van der Waals surface area contributed by atoms with E-state index in [1.807, 2.05) is 24.3 Å². The number of carbonyl (C=O) groups is 1. The molecule has 0 bridgehead atoms. The lowest BCUT2D eigenvalue weighted by Crippen LogP contribution is -2.31. The molecule has 1 amide bonds. The summed E-state index contributed by atoms with van der Waals surface area (Å²) in [5.41, 5.74) is 2.42. The molecule has 2 fully saturated rings. The van der Waals surface area contributed by atoms with E-state index in [1.165, 1.54) is 42.2 Å². The maximum Gasteiger partial charge on any atom is 0.230 e. The van der Waals surface area contributed by atoms with Crippen LogP contribution < -0.4 is 5.32 Å². The van der Waals surface area contributed by atoms with Gasteiger partial charge in [-0.25, -0.2) is 0 Å². The van der Waals surface area contributed by atoms with Crippen molar-refractivity contribution in [2.75, 3.05) is 5.75 Å². The van der Waals surface area contributed by atoms with Crippen molar-refractivity contribution in [2.24, 2.45) is 11.8 Å². The van der Waals surface area contributed by atoms with Crippen LogP contribution in [0.3, 0.4) is 0 Å². The van der Waals surface area contributed by atoms with Crippen LogP contribution in [0, 0.1) is 11.8 Å². The van der Waals surface area contributed by atoms with Gasteiger partial charge in [-0.15, -0.1) is 10.2 Å². The fourth-order valence-electron chi connectivity index (χ4n) is 4.22. The van der Waals surface area contributed by atoms with E-state index in [1.54, 1.807) is 0 Å². The Balaban J connectivity index is 1.27. The molecule has 2 aliphatic carbocycles. The Morgan fingerprint density at radius 1 is 1.10 bits per heavy atom. The number of amides is 1. The zero-order chi connectivity index (χ0) is 21.2. The minimum atomic E-state index is 0.0557. The number of benzene rings is 2. The second-order valence-corrected chi connectivity index (χ2v) is 9.75. The summed E-state index contributed by atoms with van der Waals surface area (Å²) in [4.78, 5) is 12.9. The Morgan fingerprint density at radius 3 is 2.42 bits per heavy atom. The van der Waals surface area contributed by atoms with Gasteiger partial charge in [-0.2, -0.15) is 0 Å². The highest BCUT2D eigenvalue weighted by atomic mass is 32.2. The second kappa shape index (κ2) is 8.87. The van der Waals surface area contributed by atoms with Crippen LogP contribution >= 0.6 is 11.8 Å². The molecule has 0 aliphatic heterocycles. The first-order valence-electron chi connectivity index (χ1n) is 11.1. The Morgan fingerprint density at radius 2 is 1.77 bits per heavy atom. The Hall–Kier alpha value is -2.60. The molecule has 3 unspecified atom stereocenters. The van der Waals surface area contributed by atoms with Gasteiger partial charge >= 0.3 is 0 Å². The molecule has 5 nitrogen and oxygen atoms in total. The maximum absolute atomic E-state index is 12.9. The van der Waals surface area contributed by atoms with Crippen LogP contribution in [-0.2, 0) is 11.3 Å². The van der Waals surface area contributed by atoms with Gasteiger partial charge in [0.2, 0.25) is 5.91 Å². The normalized spacial score (nSPS) is 20.9. The van der Waals surface area contributed by atoms with Gasteiger partial charge in [0.05, 0.1) is 18.3 Å². The van der Waals surface area contributed by atoms with Crippen molar-refractivity contribution >= 4 is 17.7 Å². The van der Waals surface area contributed by atoms with Gasteiger partial charge < -0.3 is 9.88 Å². The number of rotatable bonds is 9. The lowest BCUT2D eigenvalue weighted by Gasteiger charge is -2.19. The molecule has 3 aromatic rings. The molecule has 5 rings (SSSR count). The van der Waals surface area contributed by atoms with Crippen molar-refractivity contribution in [1.29, 1.82) is 0 Å². The highest BCUT2D eigenvalue weighted by molar-refractivity contribution is 7.99. The first-order valence-corrected chi connectivity index (χ1v) is 12.1. The van der Waals surface area contributed by atoms with Crippen LogP contribution in [0.5, 0.6) is 0 Å². The number of nitrogens with one attached hydrogen (secondary N) is 1. The van der Waals surface area contributed by atoms with Gasteiger partial charge in [0.15, 0.2) is 5.16 Å². The van der Waals surface area contributed by atoms with Crippen molar-refractivity contribution in [1.82, 2.24) is 20.1 Å². The molecular weight excluding hydrogens is 404 g/mol. The average molecular weight is 433 g/mol. The molecule has 31 heavy (non-hydrogen) atoms. The Bertz CT molecular complexity index is 1030. The monoisotopic (exact) mass is 432 g/mol. The average Bonchev–Trinajstić information content (AvgIpc) is 3.72. The highest BCUT2D eigenvalue weighted by Gasteiger charge is 2.41. The fourth-order valence-corrected chi connectivity index (χ4v) is 4.98. The van der Waals surface area contributed by atoms with E-state index in [0.29, 0.717) is 23.5 Å². The molecule has 2 saturated carbocycles. The zero-order valence-electron chi connectivity index (χ0n) is 17.8. The number of thioether (sulfide) groups is 1. The summed E-state index contributed by atoms with van der Waals surface area (Å²) >= 11 is 1.49. The minimum absolute atomic E-state index is 0.0557. The molecule has 160 valence electrons. The molecular formula is C25H28N4OS. The van der Waals surface area contributed by atoms with Crippen LogP contribution in [0.15, 0.2) is 65.8 Å². The summed E-state index contributed by atoms with van der Waals surface area (Å²) in [6.07, 6.45) is 3.52. The molecule has 0 saturated heterocycles. The van der Waals surface area contributed by atoms with Crippen molar-refractivity contribution in [3.8, 4) is 0 Å². The number of nitrogens with zero attached hydrogens (tertiary/aromatic N) is 3. The van der Waals surface area contributed by atoms with E-state index in [4.69, 9.17) is 0 Å². The summed E-state index contributed by atoms with van der Waals surface area (Å²) in [6.45, 7) is 3.00. The smallest absolute Gasteiger partial charge is 0.230 e. The molecule has 1 aromatic heterocycles. The van der Waals surface area contributed by atoms with Crippen LogP contribution in [0.1, 0.15) is 55.1 Å². The topological polar surface area (TPSA) is 59.8 Å². The van der Waals surface area contributed by atoms with E-state index in [9.17, 15) is 4.79 Å². The molecule has 2 aliphatic rings. The third-order valence-corrected chi connectivity index (χ3v) is 7.25. The largest absolute Gasteiger partial charge is 0.348 e. The van der Waals surface area contributed by atoms with E-state index in [2.05, 4.69) is 63.4 Å². The summed E-state index contributed by atoms with van der Waals surface area (Å²) in [6, 6.07) is 20.8. The van der Waals surface area contributed by atoms with Crippen molar-refractivity contribution in [2.45, 2.75) is 49.8 Å². The quantitative estimate of drug-likeness (QED) is 0.493. The number of hydrogen-bond donors (Lipinski definition) is 1. The van der Waals surface area contributed by atoms with E-state index in [0.717, 1.165) is 17.5 Å². The van der Waals surface area contributed by atoms with Gasteiger partial charge in [-0.3, -0.25) is 4.79 Å². The van der Waals surface area contributed by atoms with Gasteiger partial charge in [0, 0.05) is 5.92 Å². The van der Waals surface area contributed by atoms with Gasteiger partial charge in [-0.05, 0) is 42.2 Å². The predicted octanol–water partition coefficient (Wildman–Crippen LogP) is 4.81. The lowest BCUT2D eigenvalue weighted by molar-refractivity contribution is -0.119. The summed E-state index contributed by atoms with van der Waals surface area (Å²) in [7, 11) is 0. The maximum atomic E-state index is 12.9. The third kappa shape index (κ3) is 4.85. The summed E-state index contributed by atoms with van der Waals surface area (Å²) in [5, 5.41) is 13.0. The SMILES string of the molecule is CC1CC1C(NC(=O)CSc1nnc(C2CC2)n1Cc1ccccc1)c1ccccc1. The molecule has 3 atom stereocenters. The minimum Gasteiger partial charge on any atom is -0.348 e. The van der Waals surface area contributed by atoms with Crippen LogP contribution in [0.25, 0.3) is 0 Å². The van der Waals surface area contributed by atoms with Crippen molar-refractivity contribution in [3.05, 3.63) is 77.6 Å². The van der Waals surface area contributed by atoms with E-state index < -0.39 is 0 Å². The standard InChI is InChI=1S/C25H28N4OS/c1-17-14-21(17)23(19-10-6-3-7-11-19)26-22(30)16-31-25-28-27-24(20-12-13-20)29(25)15-18-8-4-2-5-9-18/h2-11,17,20-21,23H,12-16H2,1H3,(H,26,30). The summed E-state index contributed by atoms with van der Waals surface area (Å²) < 4.78 is 2.20. The van der Waals surface area contributed by atoms with Crippen LogP contribution in [0.4, 0.5) is 0 Å². The molecule has 6 heteroatoms. The van der Waals surface area contributed by atoms with E-state index >= 15 is 0 Å².